The van der Waals surface area contributed by atoms with Crippen LogP contribution in [0, 0.1) is 12.3 Å². The van der Waals surface area contributed by atoms with E-state index in [0.29, 0.717) is 6.04 Å². The van der Waals surface area contributed by atoms with E-state index >= 15 is 0 Å². The van der Waals surface area contributed by atoms with Crippen LogP contribution in [0.15, 0.2) is 0 Å². The molecule has 0 rings (SSSR count). The molecule has 0 radical (unpaired) electrons. The smallest absolute Gasteiger partial charge is 0.0211 e. The molecule has 0 aromatic rings. The predicted octanol–water partition coefficient (Wildman–Crippen LogP) is 2.13. The zero-order chi connectivity index (χ0) is 9.23. The van der Waals surface area contributed by atoms with E-state index in [1.807, 2.05) is 11.8 Å². The van der Waals surface area contributed by atoms with Gasteiger partial charge in [0.1, 0.15) is 0 Å². The van der Waals surface area contributed by atoms with E-state index in [1.54, 1.807) is 0 Å². The van der Waals surface area contributed by atoms with Crippen molar-refractivity contribution in [1.29, 1.82) is 0 Å². The second-order valence-electron chi connectivity index (χ2n) is 2.79. The highest BCUT2D eigenvalue weighted by atomic mass is 32.2. The minimum atomic E-state index is 0.609. The maximum atomic E-state index is 5.14. The van der Waals surface area contributed by atoms with E-state index in [-0.39, 0.29) is 0 Å². The molecule has 12 heavy (non-hydrogen) atoms. The van der Waals surface area contributed by atoms with Gasteiger partial charge in [-0.25, -0.2) is 0 Å². The quantitative estimate of drug-likeness (QED) is 0.482. The Hall–Kier alpha value is -0.130. The van der Waals surface area contributed by atoms with Crippen molar-refractivity contribution < 1.29 is 0 Å². The molecule has 0 aromatic carbocycles. The van der Waals surface area contributed by atoms with Crippen molar-refractivity contribution in [2.75, 3.05) is 18.1 Å². The van der Waals surface area contributed by atoms with Gasteiger partial charge in [0.25, 0.3) is 0 Å². The van der Waals surface area contributed by atoms with Crippen molar-refractivity contribution in [3.8, 4) is 12.3 Å². The van der Waals surface area contributed by atoms with Crippen LogP contribution in [0.3, 0.4) is 0 Å². The summed E-state index contributed by atoms with van der Waals surface area (Å²) in [5.74, 6) is 5.09. The number of thioether (sulfide) groups is 1. The average molecular weight is 185 g/mol. The summed E-state index contributed by atoms with van der Waals surface area (Å²) in [6, 6.07) is 0.609. The molecule has 0 saturated heterocycles. The number of rotatable bonds is 7. The van der Waals surface area contributed by atoms with Crippen LogP contribution < -0.4 is 5.32 Å². The normalized spacial score (nSPS) is 12.4. The highest BCUT2D eigenvalue weighted by Crippen LogP contribution is 2.03. The zero-order valence-corrected chi connectivity index (χ0v) is 8.91. The molecule has 0 amide bonds. The average Bonchev–Trinajstić information content (AvgIpc) is 2.06. The van der Waals surface area contributed by atoms with Gasteiger partial charge in [0, 0.05) is 19.0 Å². The molecule has 70 valence electrons. The number of nitrogens with one attached hydrogen (secondary N) is 1. The van der Waals surface area contributed by atoms with Crippen LogP contribution in [-0.4, -0.2) is 24.1 Å². The van der Waals surface area contributed by atoms with Crippen molar-refractivity contribution in [2.45, 2.75) is 32.7 Å². The summed E-state index contributed by atoms with van der Waals surface area (Å²) in [5, 5.41) is 3.39. The standard InChI is InChI=1S/C10H19NS/c1-4-6-8-11-10(3)7-9-12-5-2/h1,10-11H,5-9H2,2-3H3. The SMILES string of the molecule is C#CCCNC(C)CCSCC. The lowest BCUT2D eigenvalue weighted by molar-refractivity contribution is 0.546. The maximum Gasteiger partial charge on any atom is 0.0211 e. The van der Waals surface area contributed by atoms with Gasteiger partial charge in [-0.2, -0.15) is 11.8 Å². The van der Waals surface area contributed by atoms with Crippen LogP contribution in [0.25, 0.3) is 0 Å². The van der Waals surface area contributed by atoms with Gasteiger partial charge >= 0.3 is 0 Å². The molecule has 0 bridgehead atoms. The van der Waals surface area contributed by atoms with Gasteiger partial charge in [-0.05, 0) is 24.9 Å². The summed E-state index contributed by atoms with van der Waals surface area (Å²) in [7, 11) is 0. The van der Waals surface area contributed by atoms with Gasteiger partial charge in [-0.3, -0.25) is 0 Å². The minimum Gasteiger partial charge on any atom is -0.313 e. The Kier molecular flexibility index (Phi) is 8.86. The summed E-state index contributed by atoms with van der Waals surface area (Å²) < 4.78 is 0. The molecular formula is C10H19NS. The van der Waals surface area contributed by atoms with Crippen LogP contribution in [0.1, 0.15) is 26.7 Å². The maximum absolute atomic E-state index is 5.14. The fourth-order valence-electron chi connectivity index (χ4n) is 0.897. The van der Waals surface area contributed by atoms with Gasteiger partial charge in [-0.15, -0.1) is 12.3 Å². The van der Waals surface area contributed by atoms with Crippen LogP contribution in [0.4, 0.5) is 0 Å². The first kappa shape index (κ1) is 11.9. The summed E-state index contributed by atoms with van der Waals surface area (Å²) in [6.07, 6.45) is 7.22. The molecule has 1 N–H and O–H groups in total. The Morgan fingerprint density at radius 2 is 2.33 bits per heavy atom. The van der Waals surface area contributed by atoms with E-state index in [4.69, 9.17) is 6.42 Å². The summed E-state index contributed by atoms with van der Waals surface area (Å²) >= 11 is 2.00. The summed E-state index contributed by atoms with van der Waals surface area (Å²) in [5.41, 5.74) is 0. The molecule has 0 fully saturated rings. The van der Waals surface area contributed by atoms with E-state index in [9.17, 15) is 0 Å². The third-order valence-electron chi connectivity index (χ3n) is 1.66. The highest BCUT2D eigenvalue weighted by molar-refractivity contribution is 7.99. The second-order valence-corrected chi connectivity index (χ2v) is 4.19. The van der Waals surface area contributed by atoms with E-state index in [0.717, 1.165) is 13.0 Å². The van der Waals surface area contributed by atoms with Gasteiger partial charge in [0.05, 0.1) is 0 Å². The van der Waals surface area contributed by atoms with E-state index in [2.05, 4.69) is 25.1 Å². The lowest BCUT2D eigenvalue weighted by Gasteiger charge is -2.11. The molecule has 0 aliphatic rings. The van der Waals surface area contributed by atoms with Crippen LogP contribution in [0.5, 0.6) is 0 Å². The van der Waals surface area contributed by atoms with Crippen LogP contribution in [0.2, 0.25) is 0 Å². The first-order valence-corrected chi connectivity index (χ1v) is 5.71. The third kappa shape index (κ3) is 7.97. The molecule has 0 aliphatic heterocycles. The lowest BCUT2D eigenvalue weighted by Crippen LogP contribution is -2.27. The first-order valence-electron chi connectivity index (χ1n) is 4.55. The molecule has 0 spiro atoms. The van der Waals surface area contributed by atoms with Gasteiger partial charge < -0.3 is 5.32 Å². The molecule has 0 aromatic heterocycles. The van der Waals surface area contributed by atoms with Crippen LogP contribution in [-0.2, 0) is 0 Å². The Morgan fingerprint density at radius 3 is 2.92 bits per heavy atom. The second kappa shape index (κ2) is 8.96. The van der Waals surface area contributed by atoms with E-state index < -0.39 is 0 Å². The summed E-state index contributed by atoms with van der Waals surface area (Å²) in [6.45, 7) is 5.36. The van der Waals surface area contributed by atoms with Gasteiger partial charge in [-0.1, -0.05) is 6.92 Å². The van der Waals surface area contributed by atoms with E-state index in [1.165, 1.54) is 17.9 Å². The molecule has 1 atom stereocenters. The Morgan fingerprint density at radius 1 is 1.58 bits per heavy atom. The molecule has 1 unspecified atom stereocenters. The van der Waals surface area contributed by atoms with Gasteiger partial charge in [0.15, 0.2) is 0 Å². The highest BCUT2D eigenvalue weighted by Gasteiger charge is 1.98. The Balaban J connectivity index is 3.11. The van der Waals surface area contributed by atoms with Crippen molar-refractivity contribution >= 4 is 11.8 Å². The summed E-state index contributed by atoms with van der Waals surface area (Å²) in [4.78, 5) is 0. The topological polar surface area (TPSA) is 12.0 Å². The fourth-order valence-corrected chi connectivity index (χ4v) is 1.71. The minimum absolute atomic E-state index is 0.609. The first-order chi connectivity index (χ1) is 5.81. The number of hydrogen-bond acceptors (Lipinski definition) is 2. The van der Waals surface area contributed by atoms with Crippen molar-refractivity contribution in [3.05, 3.63) is 0 Å². The van der Waals surface area contributed by atoms with Crippen molar-refractivity contribution in [2.24, 2.45) is 0 Å². The molecule has 2 heteroatoms. The molecule has 1 nitrogen and oxygen atoms in total. The zero-order valence-electron chi connectivity index (χ0n) is 8.10. The third-order valence-corrected chi connectivity index (χ3v) is 2.59. The largest absolute Gasteiger partial charge is 0.313 e. The predicted molar refractivity (Wildman–Crippen MR) is 58.5 cm³/mol. The molecule has 0 heterocycles. The Labute approximate surface area is 80.7 Å². The Bertz CT molecular complexity index is 128. The molecule has 0 saturated carbocycles. The monoisotopic (exact) mass is 185 g/mol. The molecule has 0 aliphatic carbocycles. The van der Waals surface area contributed by atoms with Gasteiger partial charge in [0.2, 0.25) is 0 Å². The number of hydrogen-bond donors (Lipinski definition) is 1. The molecular weight excluding hydrogens is 166 g/mol. The van der Waals surface area contributed by atoms with Crippen molar-refractivity contribution in [3.63, 3.8) is 0 Å². The van der Waals surface area contributed by atoms with Crippen LogP contribution >= 0.6 is 11.8 Å². The van der Waals surface area contributed by atoms with Crippen molar-refractivity contribution in [1.82, 2.24) is 5.32 Å². The fraction of sp³-hybridized carbons (Fsp3) is 0.800. The lowest BCUT2D eigenvalue weighted by atomic mass is 10.2. The number of terminal acetylenes is 1.